The second-order valence-corrected chi connectivity index (χ2v) is 7.98. The first-order valence-corrected chi connectivity index (χ1v) is 11.2. The minimum Gasteiger partial charge on any atom is -0.434 e. The van der Waals surface area contributed by atoms with Crippen LogP contribution in [0.25, 0.3) is 0 Å². The van der Waals surface area contributed by atoms with Crippen molar-refractivity contribution in [2.45, 2.75) is 32.6 Å². The van der Waals surface area contributed by atoms with Crippen LogP contribution in [0.3, 0.4) is 0 Å². The van der Waals surface area contributed by atoms with E-state index in [2.05, 4.69) is 5.32 Å². The van der Waals surface area contributed by atoms with Crippen LogP contribution in [-0.4, -0.2) is 49.1 Å². The molecule has 1 saturated heterocycles. The van der Waals surface area contributed by atoms with Crippen molar-refractivity contribution in [1.29, 1.82) is 0 Å². The number of benzene rings is 2. The zero-order chi connectivity index (χ0) is 23.6. The van der Waals surface area contributed by atoms with Crippen molar-refractivity contribution in [3.05, 3.63) is 65.5 Å². The van der Waals surface area contributed by atoms with Crippen molar-refractivity contribution in [2.75, 3.05) is 26.2 Å². The molecule has 2 aromatic rings. The van der Waals surface area contributed by atoms with Gasteiger partial charge in [-0.05, 0) is 74.1 Å². The summed E-state index contributed by atoms with van der Waals surface area (Å²) in [5, 5.41) is 2.96. The molecule has 1 N–H and O–H groups in total. The van der Waals surface area contributed by atoms with Gasteiger partial charge in [-0.3, -0.25) is 9.59 Å². The van der Waals surface area contributed by atoms with Crippen LogP contribution in [0.5, 0.6) is 5.75 Å². The lowest BCUT2D eigenvalue weighted by molar-refractivity contribution is -0.121. The lowest BCUT2D eigenvalue weighted by Gasteiger charge is -2.32. The Morgan fingerprint density at radius 2 is 1.82 bits per heavy atom. The molecule has 0 aromatic heterocycles. The number of ether oxygens (including phenoxy) is 2. The van der Waals surface area contributed by atoms with Crippen LogP contribution in [0.1, 0.15) is 42.1 Å². The predicted octanol–water partition coefficient (Wildman–Crippen LogP) is 3.96. The number of nitrogens with one attached hydrogen (secondary N) is 1. The van der Waals surface area contributed by atoms with Crippen LogP contribution in [0.2, 0.25) is 0 Å². The van der Waals surface area contributed by atoms with Crippen LogP contribution in [0.4, 0.5) is 9.18 Å². The second-order valence-electron chi connectivity index (χ2n) is 7.98. The summed E-state index contributed by atoms with van der Waals surface area (Å²) in [5.41, 5.74) is 1.33. The van der Waals surface area contributed by atoms with Gasteiger partial charge < -0.3 is 19.7 Å². The van der Waals surface area contributed by atoms with Gasteiger partial charge in [0.15, 0.2) is 0 Å². The molecule has 33 heavy (non-hydrogen) atoms. The number of carbonyl (C=O) groups excluding carboxylic acids is 3. The molecule has 0 unspecified atom stereocenters. The monoisotopic (exact) mass is 456 g/mol. The van der Waals surface area contributed by atoms with E-state index in [0.717, 1.165) is 18.4 Å². The van der Waals surface area contributed by atoms with Crippen LogP contribution >= 0.6 is 0 Å². The fourth-order valence-corrected chi connectivity index (χ4v) is 3.73. The molecule has 0 saturated carbocycles. The zero-order valence-corrected chi connectivity index (χ0v) is 18.7. The minimum atomic E-state index is -0.778. The molecular formula is C25H29FN2O5. The van der Waals surface area contributed by atoms with Crippen molar-refractivity contribution in [3.8, 4) is 5.75 Å². The van der Waals surface area contributed by atoms with Gasteiger partial charge in [-0.15, -0.1) is 0 Å². The molecule has 176 valence electrons. The quantitative estimate of drug-likeness (QED) is 0.480. The summed E-state index contributed by atoms with van der Waals surface area (Å²) >= 11 is 0. The molecule has 0 radical (unpaired) electrons. The molecule has 2 amide bonds. The largest absolute Gasteiger partial charge is 0.513 e. The maximum absolute atomic E-state index is 13.2. The summed E-state index contributed by atoms with van der Waals surface area (Å²) in [6.07, 6.45) is 1.65. The number of halogens is 1. The van der Waals surface area contributed by atoms with Gasteiger partial charge in [0.05, 0.1) is 6.61 Å². The van der Waals surface area contributed by atoms with E-state index in [4.69, 9.17) is 9.47 Å². The summed E-state index contributed by atoms with van der Waals surface area (Å²) in [6.45, 7) is 3.72. The Bertz CT molecular complexity index is 956. The smallest absolute Gasteiger partial charge is 0.434 e. The summed E-state index contributed by atoms with van der Waals surface area (Å²) in [6, 6.07) is 12.7. The highest BCUT2D eigenvalue weighted by Gasteiger charge is 2.24. The van der Waals surface area contributed by atoms with Gasteiger partial charge in [0.1, 0.15) is 11.6 Å². The van der Waals surface area contributed by atoms with E-state index in [1.54, 1.807) is 42.2 Å². The molecule has 1 fully saturated rings. The van der Waals surface area contributed by atoms with Gasteiger partial charge in [0.2, 0.25) is 5.91 Å². The van der Waals surface area contributed by atoms with E-state index in [9.17, 15) is 18.8 Å². The molecule has 0 aliphatic carbocycles. The first kappa shape index (κ1) is 24.2. The zero-order valence-electron chi connectivity index (χ0n) is 18.7. The maximum Gasteiger partial charge on any atom is 0.513 e. The fourth-order valence-electron chi connectivity index (χ4n) is 3.73. The molecule has 3 rings (SSSR count). The van der Waals surface area contributed by atoms with Gasteiger partial charge in [0.25, 0.3) is 5.91 Å². The van der Waals surface area contributed by atoms with Crippen molar-refractivity contribution in [3.63, 3.8) is 0 Å². The minimum absolute atomic E-state index is 0.0529. The fraction of sp³-hybridized carbons (Fsp3) is 0.400. The number of carbonyl (C=O) groups is 3. The molecule has 0 atom stereocenters. The molecule has 2 aromatic carbocycles. The molecule has 1 heterocycles. The summed E-state index contributed by atoms with van der Waals surface area (Å²) in [4.78, 5) is 38.0. The van der Waals surface area contributed by atoms with E-state index < -0.39 is 6.16 Å². The Morgan fingerprint density at radius 1 is 1.09 bits per heavy atom. The third-order valence-corrected chi connectivity index (χ3v) is 5.58. The lowest BCUT2D eigenvalue weighted by Crippen LogP contribution is -2.41. The van der Waals surface area contributed by atoms with Crippen LogP contribution in [-0.2, 0) is 16.0 Å². The summed E-state index contributed by atoms with van der Waals surface area (Å²) < 4.78 is 22.9. The van der Waals surface area contributed by atoms with E-state index in [0.29, 0.717) is 49.7 Å². The topological polar surface area (TPSA) is 84.9 Å². The van der Waals surface area contributed by atoms with E-state index >= 15 is 0 Å². The molecular weight excluding hydrogens is 427 g/mol. The number of piperidine rings is 1. The maximum atomic E-state index is 13.2. The summed E-state index contributed by atoms with van der Waals surface area (Å²) in [7, 11) is 0. The molecule has 7 nitrogen and oxygen atoms in total. The Labute approximate surface area is 192 Å². The number of amides is 2. The summed E-state index contributed by atoms with van der Waals surface area (Å²) in [5.74, 6) is 0.206. The van der Waals surface area contributed by atoms with Crippen molar-refractivity contribution >= 4 is 18.0 Å². The van der Waals surface area contributed by atoms with E-state index in [-0.39, 0.29) is 24.2 Å². The van der Waals surface area contributed by atoms with Gasteiger partial charge in [-0.2, -0.15) is 0 Å². The third kappa shape index (κ3) is 7.59. The standard InChI is InChI=1S/C25H29FN2O5/c1-2-32-25(31)33-22-9-7-20(8-10-22)24(30)28-14-12-19(13-15-28)17-27-23(29)11-6-18-4-3-5-21(26)16-18/h3-5,7-10,16,19H,2,6,11-15,17H2,1H3,(H,27,29). The highest BCUT2D eigenvalue weighted by atomic mass is 19.1. The lowest BCUT2D eigenvalue weighted by atomic mass is 9.96. The number of rotatable bonds is 8. The van der Waals surface area contributed by atoms with Gasteiger partial charge in [-0.1, -0.05) is 12.1 Å². The Hall–Kier alpha value is -3.42. The number of nitrogens with zero attached hydrogens (tertiary/aromatic N) is 1. The third-order valence-electron chi connectivity index (χ3n) is 5.58. The average Bonchev–Trinajstić information content (AvgIpc) is 2.82. The number of hydrogen-bond acceptors (Lipinski definition) is 5. The van der Waals surface area contributed by atoms with Gasteiger partial charge >= 0.3 is 6.16 Å². The first-order chi connectivity index (χ1) is 15.9. The van der Waals surface area contributed by atoms with Crippen LogP contribution in [0, 0.1) is 11.7 Å². The number of aryl methyl sites for hydroxylation is 1. The molecule has 1 aliphatic rings. The molecule has 8 heteroatoms. The Kier molecular flexibility index (Phi) is 8.80. The Morgan fingerprint density at radius 3 is 2.48 bits per heavy atom. The number of likely N-dealkylation sites (tertiary alicyclic amines) is 1. The SMILES string of the molecule is CCOC(=O)Oc1ccc(C(=O)N2CCC(CNC(=O)CCc3cccc(F)c3)CC2)cc1. The normalized spacial score (nSPS) is 13.9. The highest BCUT2D eigenvalue weighted by Crippen LogP contribution is 2.20. The van der Waals surface area contributed by atoms with Crippen molar-refractivity contribution in [2.24, 2.45) is 5.92 Å². The Balaban J connectivity index is 1.38. The molecule has 0 bridgehead atoms. The van der Waals surface area contributed by atoms with E-state index in [1.807, 2.05) is 6.07 Å². The molecule has 1 aliphatic heterocycles. The van der Waals surface area contributed by atoms with Crippen LogP contribution in [0.15, 0.2) is 48.5 Å². The van der Waals surface area contributed by atoms with Crippen LogP contribution < -0.4 is 10.1 Å². The predicted molar refractivity (Wildman–Crippen MR) is 120 cm³/mol. The van der Waals surface area contributed by atoms with E-state index in [1.165, 1.54) is 12.1 Å². The second kappa shape index (κ2) is 12.0. The number of hydrogen-bond donors (Lipinski definition) is 1. The average molecular weight is 457 g/mol. The first-order valence-electron chi connectivity index (χ1n) is 11.2. The highest BCUT2D eigenvalue weighted by molar-refractivity contribution is 5.94. The van der Waals surface area contributed by atoms with Gasteiger partial charge in [-0.25, -0.2) is 9.18 Å². The van der Waals surface area contributed by atoms with Crippen molar-refractivity contribution < 1.29 is 28.2 Å². The van der Waals surface area contributed by atoms with Gasteiger partial charge in [0, 0.05) is 31.6 Å². The molecule has 0 spiro atoms. The van der Waals surface area contributed by atoms with Crippen molar-refractivity contribution in [1.82, 2.24) is 10.2 Å².